The van der Waals surface area contributed by atoms with E-state index in [0.29, 0.717) is 12.0 Å². The third kappa shape index (κ3) is 2.57. The Hall–Kier alpha value is -1.22. The Kier molecular flexibility index (Phi) is 4.70. The molecule has 19 heavy (non-hydrogen) atoms. The van der Waals surface area contributed by atoms with Crippen molar-refractivity contribution in [2.75, 3.05) is 21.3 Å². The van der Waals surface area contributed by atoms with Gasteiger partial charge in [-0.3, -0.25) is 0 Å². The smallest absolute Gasteiger partial charge is 0.164 e. The highest BCUT2D eigenvalue weighted by Gasteiger charge is 2.30. The lowest BCUT2D eigenvalue weighted by Crippen LogP contribution is -2.36. The third-order valence-corrected chi connectivity index (χ3v) is 4.25. The second kappa shape index (κ2) is 6.29. The maximum absolute atomic E-state index is 5.58. The van der Waals surface area contributed by atoms with Gasteiger partial charge in [-0.2, -0.15) is 0 Å². The number of methoxy groups -OCH3 is 2. The molecule has 0 saturated carbocycles. The van der Waals surface area contributed by atoms with Crippen molar-refractivity contribution >= 4 is 0 Å². The van der Waals surface area contributed by atoms with Crippen molar-refractivity contribution in [1.82, 2.24) is 5.32 Å². The van der Waals surface area contributed by atoms with Gasteiger partial charge in [-0.25, -0.2) is 0 Å². The highest BCUT2D eigenvalue weighted by atomic mass is 16.5. The molecule has 0 saturated heterocycles. The summed E-state index contributed by atoms with van der Waals surface area (Å²) in [5.74, 6) is 2.36. The van der Waals surface area contributed by atoms with Gasteiger partial charge in [-0.1, -0.05) is 19.4 Å². The summed E-state index contributed by atoms with van der Waals surface area (Å²) in [4.78, 5) is 0. The first kappa shape index (κ1) is 14.2. The van der Waals surface area contributed by atoms with Gasteiger partial charge in [0.05, 0.1) is 14.2 Å². The molecule has 1 N–H and O–H groups in total. The fourth-order valence-corrected chi connectivity index (χ4v) is 3.34. The molecule has 106 valence electrons. The van der Waals surface area contributed by atoms with Crippen molar-refractivity contribution in [3.63, 3.8) is 0 Å². The Bertz CT molecular complexity index is 431. The zero-order valence-electron chi connectivity index (χ0n) is 12.5. The summed E-state index contributed by atoms with van der Waals surface area (Å²) in [6.07, 6.45) is 4.64. The number of hydrogen-bond donors (Lipinski definition) is 1. The maximum atomic E-state index is 5.58. The number of fused-ring (bicyclic) bond motifs is 1. The van der Waals surface area contributed by atoms with Gasteiger partial charge in [0.25, 0.3) is 0 Å². The molecule has 0 bridgehead atoms. The van der Waals surface area contributed by atoms with Gasteiger partial charge >= 0.3 is 0 Å². The number of likely N-dealkylation sites (N-methyl/N-ethyl adjacent to an activating group) is 1. The number of benzene rings is 1. The van der Waals surface area contributed by atoms with Crippen molar-refractivity contribution in [1.29, 1.82) is 0 Å². The van der Waals surface area contributed by atoms with Crippen LogP contribution in [0.2, 0.25) is 0 Å². The Morgan fingerprint density at radius 1 is 1.26 bits per heavy atom. The molecule has 1 aromatic carbocycles. The van der Waals surface area contributed by atoms with E-state index in [-0.39, 0.29) is 0 Å². The zero-order chi connectivity index (χ0) is 13.8. The quantitative estimate of drug-likeness (QED) is 0.885. The van der Waals surface area contributed by atoms with Gasteiger partial charge in [-0.15, -0.1) is 0 Å². The van der Waals surface area contributed by atoms with Crippen LogP contribution in [0.1, 0.15) is 43.2 Å². The van der Waals surface area contributed by atoms with E-state index >= 15 is 0 Å². The molecule has 3 nitrogen and oxygen atoms in total. The number of ether oxygens (including phenoxy) is 2. The monoisotopic (exact) mass is 263 g/mol. The van der Waals surface area contributed by atoms with E-state index in [1.807, 2.05) is 6.07 Å². The molecule has 0 radical (unpaired) electrons. The molecular formula is C16H25NO2. The van der Waals surface area contributed by atoms with Gasteiger partial charge < -0.3 is 14.8 Å². The second-order valence-corrected chi connectivity index (χ2v) is 5.20. The van der Waals surface area contributed by atoms with E-state index in [0.717, 1.165) is 24.3 Å². The van der Waals surface area contributed by atoms with E-state index in [4.69, 9.17) is 9.47 Å². The number of rotatable bonds is 5. The molecule has 0 amide bonds. The van der Waals surface area contributed by atoms with Crippen LogP contribution in [0.3, 0.4) is 0 Å². The number of nitrogens with one attached hydrogen (secondary N) is 1. The summed E-state index contributed by atoms with van der Waals surface area (Å²) in [5.41, 5.74) is 2.77. The summed E-state index contributed by atoms with van der Waals surface area (Å²) >= 11 is 0. The summed E-state index contributed by atoms with van der Waals surface area (Å²) in [6, 6.07) is 4.84. The highest BCUT2D eigenvalue weighted by Crippen LogP contribution is 2.43. The summed E-state index contributed by atoms with van der Waals surface area (Å²) < 4.78 is 11.0. The molecule has 0 heterocycles. The Balaban J connectivity index is 2.46. The third-order valence-electron chi connectivity index (χ3n) is 4.25. The van der Waals surface area contributed by atoms with E-state index in [1.165, 1.54) is 24.0 Å². The van der Waals surface area contributed by atoms with Gasteiger partial charge in [-0.05, 0) is 43.9 Å². The molecule has 1 aliphatic rings. The van der Waals surface area contributed by atoms with Gasteiger partial charge in [0.1, 0.15) is 0 Å². The molecule has 2 atom stereocenters. The molecule has 1 aromatic rings. The van der Waals surface area contributed by atoms with E-state index in [9.17, 15) is 0 Å². The van der Waals surface area contributed by atoms with Crippen LogP contribution in [-0.2, 0) is 6.42 Å². The van der Waals surface area contributed by atoms with E-state index in [2.05, 4.69) is 25.4 Å². The minimum absolute atomic E-state index is 0.575. The lowest BCUT2D eigenvalue weighted by atomic mass is 9.76. The predicted octanol–water partition coefficient (Wildman–Crippen LogP) is 3.12. The lowest BCUT2D eigenvalue weighted by Gasteiger charge is -2.34. The fraction of sp³-hybridized carbons (Fsp3) is 0.625. The van der Waals surface area contributed by atoms with E-state index in [1.54, 1.807) is 14.2 Å². The summed E-state index contributed by atoms with van der Waals surface area (Å²) in [6.45, 7) is 2.25. The van der Waals surface area contributed by atoms with Crippen LogP contribution in [0.25, 0.3) is 0 Å². The van der Waals surface area contributed by atoms with Crippen molar-refractivity contribution in [3.8, 4) is 11.5 Å². The second-order valence-electron chi connectivity index (χ2n) is 5.20. The first-order valence-electron chi connectivity index (χ1n) is 7.17. The first-order chi connectivity index (χ1) is 9.26. The van der Waals surface area contributed by atoms with E-state index < -0.39 is 0 Å². The molecular weight excluding hydrogens is 238 g/mol. The largest absolute Gasteiger partial charge is 0.493 e. The van der Waals surface area contributed by atoms with Gasteiger partial charge in [0, 0.05) is 11.6 Å². The SMILES string of the molecule is CCCC1c2ccc(OC)c(OC)c2CCC1NC. The molecule has 0 spiro atoms. The van der Waals surface area contributed by atoms with Crippen molar-refractivity contribution in [2.24, 2.45) is 0 Å². The maximum Gasteiger partial charge on any atom is 0.164 e. The van der Waals surface area contributed by atoms with Crippen LogP contribution >= 0.6 is 0 Å². The molecule has 0 aliphatic heterocycles. The molecule has 2 unspecified atom stereocenters. The standard InChI is InChI=1S/C16H25NO2/c1-5-6-12-11-8-10-15(18-3)16(19-4)13(11)7-9-14(12)17-2/h8,10,12,14,17H,5-7,9H2,1-4H3. The Morgan fingerprint density at radius 2 is 2.05 bits per heavy atom. The molecule has 3 heteroatoms. The number of hydrogen-bond acceptors (Lipinski definition) is 3. The average Bonchev–Trinajstić information content (AvgIpc) is 2.46. The minimum Gasteiger partial charge on any atom is -0.493 e. The molecule has 1 aliphatic carbocycles. The zero-order valence-corrected chi connectivity index (χ0v) is 12.5. The van der Waals surface area contributed by atoms with Crippen LogP contribution in [0.5, 0.6) is 11.5 Å². The van der Waals surface area contributed by atoms with Crippen LogP contribution in [0.15, 0.2) is 12.1 Å². The molecule has 0 fully saturated rings. The van der Waals surface area contributed by atoms with Gasteiger partial charge in [0.15, 0.2) is 11.5 Å². The topological polar surface area (TPSA) is 30.5 Å². The predicted molar refractivity (Wildman–Crippen MR) is 78.4 cm³/mol. The van der Waals surface area contributed by atoms with Crippen LogP contribution < -0.4 is 14.8 Å². The van der Waals surface area contributed by atoms with Crippen molar-refractivity contribution in [2.45, 2.75) is 44.6 Å². The summed E-state index contributed by atoms with van der Waals surface area (Å²) in [5, 5.41) is 3.47. The summed E-state index contributed by atoms with van der Waals surface area (Å²) in [7, 11) is 5.50. The first-order valence-corrected chi connectivity index (χ1v) is 7.17. The van der Waals surface area contributed by atoms with Crippen LogP contribution in [-0.4, -0.2) is 27.3 Å². The normalized spacial score (nSPS) is 21.9. The van der Waals surface area contributed by atoms with Crippen molar-refractivity contribution in [3.05, 3.63) is 23.3 Å². The Labute approximate surface area is 116 Å². The van der Waals surface area contributed by atoms with Gasteiger partial charge in [0.2, 0.25) is 0 Å². The fourth-order valence-electron chi connectivity index (χ4n) is 3.34. The average molecular weight is 263 g/mol. The molecule has 0 aromatic heterocycles. The van der Waals surface area contributed by atoms with Crippen LogP contribution in [0, 0.1) is 0 Å². The van der Waals surface area contributed by atoms with Crippen LogP contribution in [0.4, 0.5) is 0 Å². The molecule has 2 rings (SSSR count). The lowest BCUT2D eigenvalue weighted by molar-refractivity contribution is 0.338. The Morgan fingerprint density at radius 3 is 2.63 bits per heavy atom. The highest BCUT2D eigenvalue weighted by molar-refractivity contribution is 5.53. The van der Waals surface area contributed by atoms with Crippen molar-refractivity contribution < 1.29 is 9.47 Å². The minimum atomic E-state index is 0.575.